The van der Waals surface area contributed by atoms with Crippen LogP contribution in [0.25, 0.3) is 0 Å². The third kappa shape index (κ3) is 3.93. The van der Waals surface area contributed by atoms with E-state index in [4.69, 9.17) is 0 Å². The lowest BCUT2D eigenvalue weighted by molar-refractivity contribution is -0.141. The SMILES string of the molecule is Cc1cncc(CN2CCC3CCN(c4cccc(C(F)(F)F)n4)CC32)c1. The molecule has 2 atom stereocenters. The number of anilines is 1. The van der Waals surface area contributed by atoms with Crippen molar-refractivity contribution in [3.8, 4) is 0 Å². The topological polar surface area (TPSA) is 32.3 Å². The summed E-state index contributed by atoms with van der Waals surface area (Å²) in [6, 6.07) is 6.65. The molecule has 0 saturated carbocycles. The zero-order chi connectivity index (χ0) is 19.0. The Balaban J connectivity index is 1.50. The molecule has 4 rings (SSSR count). The van der Waals surface area contributed by atoms with Crippen LogP contribution in [-0.2, 0) is 12.7 Å². The van der Waals surface area contributed by atoms with Gasteiger partial charge in [-0.05, 0) is 55.5 Å². The fraction of sp³-hybridized carbons (Fsp3) is 0.500. The van der Waals surface area contributed by atoms with Crippen LogP contribution in [0.3, 0.4) is 0 Å². The highest BCUT2D eigenvalue weighted by molar-refractivity contribution is 5.41. The van der Waals surface area contributed by atoms with E-state index in [-0.39, 0.29) is 0 Å². The summed E-state index contributed by atoms with van der Waals surface area (Å²) in [5.74, 6) is 1.03. The monoisotopic (exact) mass is 376 g/mol. The maximum atomic E-state index is 13.0. The number of pyridine rings is 2. The predicted molar refractivity (Wildman–Crippen MR) is 97.3 cm³/mol. The van der Waals surface area contributed by atoms with E-state index in [2.05, 4.69) is 20.9 Å². The molecule has 7 heteroatoms. The maximum absolute atomic E-state index is 13.0. The Labute approximate surface area is 157 Å². The number of rotatable bonds is 3. The molecule has 2 fully saturated rings. The number of aromatic nitrogens is 2. The zero-order valence-electron chi connectivity index (χ0n) is 15.3. The molecule has 4 heterocycles. The summed E-state index contributed by atoms with van der Waals surface area (Å²) < 4.78 is 39.0. The van der Waals surface area contributed by atoms with E-state index in [0.717, 1.165) is 50.7 Å². The summed E-state index contributed by atoms with van der Waals surface area (Å²) in [4.78, 5) is 12.6. The lowest BCUT2D eigenvalue weighted by Gasteiger charge is -2.39. The van der Waals surface area contributed by atoms with Gasteiger partial charge in [0.2, 0.25) is 0 Å². The minimum Gasteiger partial charge on any atom is -0.355 e. The van der Waals surface area contributed by atoms with Crippen molar-refractivity contribution in [1.82, 2.24) is 14.9 Å². The molecule has 2 aliphatic heterocycles. The fourth-order valence-electron chi connectivity index (χ4n) is 4.33. The molecule has 0 bridgehead atoms. The Morgan fingerprint density at radius 1 is 1.15 bits per heavy atom. The Bertz CT molecular complexity index is 808. The van der Waals surface area contributed by atoms with Crippen molar-refractivity contribution in [2.75, 3.05) is 24.5 Å². The van der Waals surface area contributed by atoms with Crippen molar-refractivity contribution in [1.29, 1.82) is 0 Å². The summed E-state index contributed by atoms with van der Waals surface area (Å²) in [5, 5.41) is 0. The van der Waals surface area contributed by atoms with Crippen LogP contribution in [0.15, 0.2) is 36.7 Å². The second-order valence-electron chi connectivity index (χ2n) is 7.57. The molecule has 0 N–H and O–H groups in total. The predicted octanol–water partition coefficient (Wildman–Crippen LogP) is 3.90. The second-order valence-corrected chi connectivity index (χ2v) is 7.57. The first-order valence-electron chi connectivity index (χ1n) is 9.34. The minimum absolute atomic E-state index is 0.343. The van der Waals surface area contributed by atoms with Crippen molar-refractivity contribution in [3.05, 3.63) is 53.5 Å². The number of nitrogens with zero attached hydrogens (tertiary/aromatic N) is 4. The summed E-state index contributed by atoms with van der Waals surface area (Å²) in [5.41, 5.74) is 1.50. The molecule has 4 nitrogen and oxygen atoms in total. The molecule has 2 saturated heterocycles. The standard InChI is InChI=1S/C20H23F3N4/c1-14-9-15(11-24-10-14)12-26-7-5-16-6-8-27(13-17(16)26)19-4-2-3-18(25-19)20(21,22)23/h2-4,9-11,16-17H,5-8,12-13H2,1H3. The van der Waals surface area contributed by atoms with Crippen molar-refractivity contribution < 1.29 is 13.2 Å². The molecule has 0 radical (unpaired) electrons. The molecule has 144 valence electrons. The largest absolute Gasteiger partial charge is 0.433 e. The number of piperidine rings is 1. The molecule has 2 unspecified atom stereocenters. The smallest absolute Gasteiger partial charge is 0.355 e. The molecular weight excluding hydrogens is 353 g/mol. The van der Waals surface area contributed by atoms with Gasteiger partial charge in [-0.2, -0.15) is 13.2 Å². The summed E-state index contributed by atoms with van der Waals surface area (Å²) >= 11 is 0. The molecule has 2 aromatic rings. The van der Waals surface area contributed by atoms with Crippen LogP contribution in [0.4, 0.5) is 19.0 Å². The molecular formula is C20H23F3N4. The first-order valence-corrected chi connectivity index (χ1v) is 9.34. The van der Waals surface area contributed by atoms with Gasteiger partial charge in [0, 0.05) is 38.1 Å². The molecule has 0 aliphatic carbocycles. The maximum Gasteiger partial charge on any atom is 0.433 e. The quantitative estimate of drug-likeness (QED) is 0.813. The van der Waals surface area contributed by atoms with E-state index < -0.39 is 11.9 Å². The molecule has 0 spiro atoms. The van der Waals surface area contributed by atoms with E-state index in [1.54, 1.807) is 6.07 Å². The first-order chi connectivity index (χ1) is 12.9. The van der Waals surface area contributed by atoms with Crippen molar-refractivity contribution in [3.63, 3.8) is 0 Å². The van der Waals surface area contributed by atoms with Crippen LogP contribution < -0.4 is 4.90 Å². The van der Waals surface area contributed by atoms with Gasteiger partial charge in [-0.3, -0.25) is 9.88 Å². The number of hydrogen-bond donors (Lipinski definition) is 0. The van der Waals surface area contributed by atoms with Gasteiger partial charge >= 0.3 is 6.18 Å². The van der Waals surface area contributed by atoms with E-state index in [9.17, 15) is 13.2 Å². The lowest BCUT2D eigenvalue weighted by atomic mass is 9.92. The highest BCUT2D eigenvalue weighted by atomic mass is 19.4. The number of likely N-dealkylation sites (tertiary alicyclic amines) is 1. The fourth-order valence-corrected chi connectivity index (χ4v) is 4.33. The zero-order valence-corrected chi connectivity index (χ0v) is 15.3. The normalized spacial score (nSPS) is 23.5. The molecule has 2 aromatic heterocycles. The van der Waals surface area contributed by atoms with Gasteiger partial charge in [-0.1, -0.05) is 12.1 Å². The van der Waals surface area contributed by atoms with E-state index in [1.165, 1.54) is 11.6 Å². The highest BCUT2D eigenvalue weighted by Gasteiger charge is 2.39. The number of halogens is 3. The lowest BCUT2D eigenvalue weighted by Crippen LogP contribution is -2.48. The van der Waals surface area contributed by atoms with E-state index in [0.29, 0.717) is 17.8 Å². The van der Waals surface area contributed by atoms with Crippen molar-refractivity contribution in [2.24, 2.45) is 5.92 Å². The van der Waals surface area contributed by atoms with E-state index in [1.807, 2.05) is 24.2 Å². The average Bonchev–Trinajstić information content (AvgIpc) is 3.03. The van der Waals surface area contributed by atoms with Crippen LogP contribution in [0.1, 0.15) is 29.7 Å². The van der Waals surface area contributed by atoms with Crippen LogP contribution >= 0.6 is 0 Å². The number of hydrogen-bond acceptors (Lipinski definition) is 4. The van der Waals surface area contributed by atoms with Gasteiger partial charge in [0.05, 0.1) is 0 Å². The van der Waals surface area contributed by atoms with Crippen molar-refractivity contribution in [2.45, 2.75) is 38.5 Å². The van der Waals surface area contributed by atoms with Gasteiger partial charge in [0.15, 0.2) is 0 Å². The van der Waals surface area contributed by atoms with Crippen LogP contribution in [0.5, 0.6) is 0 Å². The third-order valence-electron chi connectivity index (χ3n) is 5.64. The van der Waals surface area contributed by atoms with Gasteiger partial charge in [0.1, 0.15) is 11.5 Å². The van der Waals surface area contributed by atoms with E-state index >= 15 is 0 Å². The summed E-state index contributed by atoms with van der Waals surface area (Å²) in [6.45, 7) is 5.37. The number of aryl methyl sites for hydroxylation is 1. The molecule has 2 aliphatic rings. The first kappa shape index (κ1) is 18.2. The summed E-state index contributed by atoms with van der Waals surface area (Å²) in [6.07, 6.45) is 1.47. The Kier molecular flexibility index (Phi) is 4.80. The second kappa shape index (κ2) is 7.11. The molecule has 0 aromatic carbocycles. The van der Waals surface area contributed by atoms with Crippen LogP contribution in [-0.4, -0.2) is 40.5 Å². The Morgan fingerprint density at radius 3 is 2.74 bits per heavy atom. The highest BCUT2D eigenvalue weighted by Crippen LogP contribution is 2.35. The van der Waals surface area contributed by atoms with Crippen LogP contribution in [0.2, 0.25) is 0 Å². The van der Waals surface area contributed by atoms with Crippen LogP contribution in [0, 0.1) is 12.8 Å². The minimum atomic E-state index is -4.41. The van der Waals surface area contributed by atoms with Gasteiger partial charge in [-0.15, -0.1) is 0 Å². The molecule has 0 amide bonds. The summed E-state index contributed by atoms with van der Waals surface area (Å²) in [7, 11) is 0. The average molecular weight is 376 g/mol. The van der Waals surface area contributed by atoms with Gasteiger partial charge < -0.3 is 4.90 Å². The Morgan fingerprint density at radius 2 is 1.96 bits per heavy atom. The third-order valence-corrected chi connectivity index (χ3v) is 5.64. The molecule has 27 heavy (non-hydrogen) atoms. The van der Waals surface area contributed by atoms with Gasteiger partial charge in [0.25, 0.3) is 0 Å². The van der Waals surface area contributed by atoms with Gasteiger partial charge in [-0.25, -0.2) is 4.98 Å². The number of alkyl halides is 3. The Hall–Kier alpha value is -2.15. The number of fused-ring (bicyclic) bond motifs is 1. The van der Waals surface area contributed by atoms with Crippen molar-refractivity contribution >= 4 is 5.82 Å².